The smallest absolute Gasteiger partial charge is 0.382 e. The van der Waals surface area contributed by atoms with Gasteiger partial charge in [0.05, 0.1) is 18.3 Å². The Morgan fingerprint density at radius 3 is 2.52 bits per heavy atom. The van der Waals surface area contributed by atoms with Gasteiger partial charge in [0.25, 0.3) is 11.8 Å². The van der Waals surface area contributed by atoms with Crippen LogP contribution < -0.4 is 11.0 Å². The molecule has 2 atom stereocenters. The molecule has 40 heavy (non-hydrogen) atoms. The van der Waals surface area contributed by atoms with Crippen LogP contribution in [0.25, 0.3) is 17.1 Å². The second-order valence-electron chi connectivity index (χ2n) is 8.91. The van der Waals surface area contributed by atoms with E-state index in [0.29, 0.717) is 9.59 Å². The van der Waals surface area contributed by atoms with E-state index >= 15 is 0 Å². The van der Waals surface area contributed by atoms with Crippen molar-refractivity contribution in [2.24, 2.45) is 0 Å². The average molecular weight is 585 g/mol. The number of alkyl halides is 5. The van der Waals surface area contributed by atoms with Crippen molar-refractivity contribution in [3.63, 3.8) is 0 Å². The standard InChI is InChI=1S/C23H18ClF5N8O3/c24-13-5-3-12(4-6-13)19-34-36(21(40)35(19)9-16(38)23(27,28)29)10-17-31-11-37(33-17)14-2-1-7-30-18(14)20(39)32-15-8-22(15,25)26/h1-7,11,15-16,38H,8-10H2,(H,32,39)/t15?,16-/m1/s1. The Morgan fingerprint density at radius 2 is 1.88 bits per heavy atom. The maximum atomic E-state index is 13.2. The molecule has 1 aliphatic rings. The van der Waals surface area contributed by atoms with Gasteiger partial charge in [0, 0.05) is 23.2 Å². The summed E-state index contributed by atoms with van der Waals surface area (Å²) in [5, 5.41) is 20.5. The molecule has 210 valence electrons. The van der Waals surface area contributed by atoms with Crippen LogP contribution in [0, 0.1) is 0 Å². The van der Waals surface area contributed by atoms with Gasteiger partial charge in [0.15, 0.2) is 23.4 Å². The SMILES string of the molecule is O=C(NC1CC1(F)F)c1ncccc1-n1cnc(Cn2nc(-c3ccc(Cl)cc3)n(C[C@@H](O)C(F)(F)F)c2=O)n1. The molecule has 0 aliphatic heterocycles. The highest BCUT2D eigenvalue weighted by atomic mass is 35.5. The van der Waals surface area contributed by atoms with Gasteiger partial charge in [-0.05, 0) is 36.4 Å². The van der Waals surface area contributed by atoms with Crippen molar-refractivity contribution in [2.75, 3.05) is 0 Å². The van der Waals surface area contributed by atoms with Gasteiger partial charge in [-0.25, -0.2) is 32.9 Å². The number of benzene rings is 1. The highest BCUT2D eigenvalue weighted by molar-refractivity contribution is 6.30. The van der Waals surface area contributed by atoms with Crippen molar-refractivity contribution in [3.8, 4) is 17.1 Å². The van der Waals surface area contributed by atoms with Crippen LogP contribution in [-0.4, -0.2) is 69.4 Å². The molecule has 3 aromatic heterocycles. The lowest BCUT2D eigenvalue weighted by molar-refractivity contribution is -0.207. The maximum absolute atomic E-state index is 13.2. The van der Waals surface area contributed by atoms with Crippen molar-refractivity contribution in [3.05, 3.63) is 75.9 Å². The largest absolute Gasteiger partial charge is 0.416 e. The normalized spacial score (nSPS) is 17.0. The minimum Gasteiger partial charge on any atom is -0.382 e. The van der Waals surface area contributed by atoms with Crippen LogP contribution in [0.4, 0.5) is 22.0 Å². The molecule has 3 heterocycles. The fourth-order valence-corrected chi connectivity index (χ4v) is 3.90. The minimum absolute atomic E-state index is 0.0188. The summed E-state index contributed by atoms with van der Waals surface area (Å²) in [5.41, 5.74) is -0.804. The molecule has 0 radical (unpaired) electrons. The van der Waals surface area contributed by atoms with Gasteiger partial charge in [-0.3, -0.25) is 9.36 Å². The highest BCUT2D eigenvalue weighted by Crippen LogP contribution is 2.41. The molecule has 0 saturated heterocycles. The third-order valence-electron chi connectivity index (χ3n) is 5.97. The zero-order chi connectivity index (χ0) is 28.8. The van der Waals surface area contributed by atoms with Crippen molar-refractivity contribution in [1.29, 1.82) is 0 Å². The number of aromatic nitrogens is 7. The van der Waals surface area contributed by atoms with Gasteiger partial charge in [-0.2, -0.15) is 13.2 Å². The molecule has 1 aromatic carbocycles. The Balaban J connectivity index is 1.44. The second-order valence-corrected chi connectivity index (χ2v) is 9.34. The Morgan fingerprint density at radius 1 is 1.18 bits per heavy atom. The molecule has 0 bridgehead atoms. The molecular formula is C23H18ClF5N8O3. The van der Waals surface area contributed by atoms with E-state index in [1.807, 2.05) is 0 Å². The van der Waals surface area contributed by atoms with E-state index in [1.54, 1.807) is 0 Å². The van der Waals surface area contributed by atoms with Crippen LogP contribution in [0.5, 0.6) is 0 Å². The lowest BCUT2D eigenvalue weighted by atomic mass is 10.2. The molecule has 11 nitrogen and oxygen atoms in total. The molecule has 4 aromatic rings. The van der Waals surface area contributed by atoms with E-state index in [-0.39, 0.29) is 28.6 Å². The molecule has 1 aliphatic carbocycles. The first-order valence-electron chi connectivity index (χ1n) is 11.6. The summed E-state index contributed by atoms with van der Waals surface area (Å²) in [6.07, 6.45) is -5.82. The van der Waals surface area contributed by atoms with Gasteiger partial charge in [0.1, 0.15) is 12.9 Å². The van der Waals surface area contributed by atoms with Crippen LogP contribution in [-0.2, 0) is 13.1 Å². The van der Waals surface area contributed by atoms with Crippen LogP contribution in [0.15, 0.2) is 53.7 Å². The molecular weight excluding hydrogens is 567 g/mol. The van der Waals surface area contributed by atoms with Gasteiger partial charge < -0.3 is 10.4 Å². The predicted molar refractivity (Wildman–Crippen MR) is 128 cm³/mol. The molecule has 1 fully saturated rings. The lowest BCUT2D eigenvalue weighted by Gasteiger charge is -2.15. The van der Waals surface area contributed by atoms with Gasteiger partial charge in [0.2, 0.25) is 0 Å². The maximum Gasteiger partial charge on any atom is 0.416 e. The van der Waals surface area contributed by atoms with Gasteiger partial charge in [-0.15, -0.1) is 10.2 Å². The van der Waals surface area contributed by atoms with Crippen LogP contribution in [0.3, 0.4) is 0 Å². The van der Waals surface area contributed by atoms with E-state index < -0.39 is 55.4 Å². The Kier molecular flexibility index (Phi) is 6.91. The van der Waals surface area contributed by atoms with E-state index in [1.165, 1.54) is 48.9 Å². The third-order valence-corrected chi connectivity index (χ3v) is 6.22. The number of carbonyl (C=O) groups is 1. The summed E-state index contributed by atoms with van der Waals surface area (Å²) in [7, 11) is 0. The second kappa shape index (κ2) is 10.1. The monoisotopic (exact) mass is 584 g/mol. The Labute approximate surface area is 225 Å². The molecule has 0 spiro atoms. The topological polar surface area (TPSA) is 133 Å². The number of nitrogens with one attached hydrogen (secondary N) is 1. The van der Waals surface area contributed by atoms with Crippen molar-refractivity contribution in [1.82, 2.24) is 39.4 Å². The van der Waals surface area contributed by atoms with E-state index in [9.17, 15) is 36.6 Å². The summed E-state index contributed by atoms with van der Waals surface area (Å²) in [6.45, 7) is -1.51. The summed E-state index contributed by atoms with van der Waals surface area (Å²) in [5.74, 6) is -4.01. The number of rotatable bonds is 8. The van der Waals surface area contributed by atoms with Crippen LogP contribution >= 0.6 is 11.6 Å². The number of nitrogens with zero attached hydrogens (tertiary/aromatic N) is 7. The summed E-state index contributed by atoms with van der Waals surface area (Å²) in [6, 6.07) is 7.45. The number of hydrogen-bond acceptors (Lipinski definition) is 7. The number of carbonyl (C=O) groups excluding carboxylic acids is 1. The van der Waals surface area contributed by atoms with Gasteiger partial charge >= 0.3 is 11.9 Å². The molecule has 1 unspecified atom stereocenters. The number of pyridine rings is 1. The van der Waals surface area contributed by atoms with Crippen LogP contribution in [0.1, 0.15) is 22.7 Å². The Hall–Kier alpha value is -4.18. The van der Waals surface area contributed by atoms with E-state index in [0.717, 1.165) is 9.36 Å². The molecule has 17 heteroatoms. The Bertz CT molecular complexity index is 1620. The van der Waals surface area contributed by atoms with Crippen molar-refractivity contribution in [2.45, 2.75) is 43.8 Å². The zero-order valence-electron chi connectivity index (χ0n) is 20.1. The first-order valence-corrected chi connectivity index (χ1v) is 11.9. The van der Waals surface area contributed by atoms with Crippen molar-refractivity contribution >= 4 is 17.5 Å². The number of halogens is 6. The molecule has 2 N–H and O–H groups in total. The fourth-order valence-electron chi connectivity index (χ4n) is 3.77. The summed E-state index contributed by atoms with van der Waals surface area (Å²) < 4.78 is 68.3. The van der Waals surface area contributed by atoms with Gasteiger partial charge in [-0.1, -0.05) is 11.6 Å². The van der Waals surface area contributed by atoms with Crippen LogP contribution in [0.2, 0.25) is 5.02 Å². The molecule has 1 saturated carbocycles. The van der Waals surface area contributed by atoms with Crippen molar-refractivity contribution < 1.29 is 31.9 Å². The third kappa shape index (κ3) is 5.58. The fraction of sp³-hybridized carbons (Fsp3) is 0.304. The predicted octanol–water partition coefficient (Wildman–Crippen LogP) is 2.45. The summed E-state index contributed by atoms with van der Waals surface area (Å²) in [4.78, 5) is 33.6. The minimum atomic E-state index is -4.98. The average Bonchev–Trinajstić information content (AvgIpc) is 3.19. The van der Waals surface area contributed by atoms with E-state index in [4.69, 9.17) is 11.6 Å². The highest BCUT2D eigenvalue weighted by Gasteiger charge is 2.58. The summed E-state index contributed by atoms with van der Waals surface area (Å²) >= 11 is 5.89. The number of amides is 1. The van der Waals surface area contributed by atoms with E-state index in [2.05, 4.69) is 25.5 Å². The zero-order valence-corrected chi connectivity index (χ0v) is 20.8. The number of aliphatic hydroxyl groups excluding tert-OH is 1. The number of aliphatic hydroxyl groups is 1. The molecule has 5 rings (SSSR count). The first kappa shape index (κ1) is 27.4. The quantitative estimate of drug-likeness (QED) is 0.304. The number of hydrogen-bond donors (Lipinski definition) is 2. The lowest BCUT2D eigenvalue weighted by Crippen LogP contribution is -2.37. The molecule has 1 amide bonds. The first-order chi connectivity index (χ1) is 18.8.